The average molecular weight is 447 g/mol. The van der Waals surface area contributed by atoms with Gasteiger partial charge in [-0.25, -0.2) is 0 Å². The van der Waals surface area contributed by atoms with Gasteiger partial charge in [0.25, 0.3) is 11.8 Å². The molecule has 2 heterocycles. The van der Waals surface area contributed by atoms with E-state index in [1.54, 1.807) is 23.6 Å². The van der Waals surface area contributed by atoms with Gasteiger partial charge in [0.2, 0.25) is 12.2 Å². The first kappa shape index (κ1) is 22.1. The molecule has 8 nitrogen and oxygen atoms in total. The van der Waals surface area contributed by atoms with Gasteiger partial charge in [0.05, 0.1) is 0 Å². The van der Waals surface area contributed by atoms with Crippen LogP contribution < -0.4 is 25.5 Å². The van der Waals surface area contributed by atoms with Gasteiger partial charge >= 0.3 is 0 Å². The molecule has 0 bridgehead atoms. The summed E-state index contributed by atoms with van der Waals surface area (Å²) >= 11 is 0. The van der Waals surface area contributed by atoms with Gasteiger partial charge in [0.1, 0.15) is 11.1 Å². The SMILES string of the molecule is CCNC(=O)c1cn(CCc2ccccc2)cc(C(=O)NCc2ccc3c(c2)OCO3)c1=O. The smallest absolute Gasteiger partial charge is 0.257 e. The minimum absolute atomic E-state index is 0.0550. The van der Waals surface area contributed by atoms with Crippen molar-refractivity contribution in [2.45, 2.75) is 26.4 Å². The molecule has 2 N–H and O–H groups in total. The highest BCUT2D eigenvalue weighted by molar-refractivity contribution is 5.99. The number of hydrogen-bond donors (Lipinski definition) is 2. The predicted octanol–water partition coefficient (Wildman–Crippen LogP) is 2.50. The van der Waals surface area contributed by atoms with Crippen molar-refractivity contribution in [1.82, 2.24) is 15.2 Å². The number of pyridine rings is 1. The third-order valence-corrected chi connectivity index (χ3v) is 5.30. The van der Waals surface area contributed by atoms with E-state index in [1.165, 1.54) is 12.4 Å². The lowest BCUT2D eigenvalue weighted by Crippen LogP contribution is -2.35. The summed E-state index contributed by atoms with van der Waals surface area (Å²) < 4.78 is 12.4. The molecule has 0 atom stereocenters. The highest BCUT2D eigenvalue weighted by Gasteiger charge is 2.19. The Morgan fingerprint density at radius 1 is 0.909 bits per heavy atom. The number of nitrogens with zero attached hydrogens (tertiary/aromatic N) is 1. The van der Waals surface area contributed by atoms with Crippen LogP contribution >= 0.6 is 0 Å². The molecule has 0 fully saturated rings. The van der Waals surface area contributed by atoms with Crippen LogP contribution in [0.5, 0.6) is 11.5 Å². The molecule has 0 saturated heterocycles. The Hall–Kier alpha value is -4.07. The Labute approximate surface area is 191 Å². The lowest BCUT2D eigenvalue weighted by Gasteiger charge is -2.13. The molecular formula is C25H25N3O5. The Kier molecular flexibility index (Phi) is 6.73. The highest BCUT2D eigenvalue weighted by Crippen LogP contribution is 2.32. The lowest BCUT2D eigenvalue weighted by atomic mass is 10.1. The van der Waals surface area contributed by atoms with E-state index in [1.807, 2.05) is 36.4 Å². The maximum Gasteiger partial charge on any atom is 0.257 e. The summed E-state index contributed by atoms with van der Waals surface area (Å²) in [4.78, 5) is 38.3. The lowest BCUT2D eigenvalue weighted by molar-refractivity contribution is 0.0948. The molecule has 3 aromatic rings. The van der Waals surface area contributed by atoms with Gasteiger partial charge in [-0.1, -0.05) is 36.4 Å². The van der Waals surface area contributed by atoms with Crippen molar-refractivity contribution in [3.05, 3.63) is 93.4 Å². The standard InChI is InChI=1S/C25H25N3O5/c1-2-26-24(30)19-14-28(11-10-17-6-4-3-5-7-17)15-20(23(19)29)25(31)27-13-18-8-9-21-22(12-18)33-16-32-21/h3-9,12,14-15H,2,10-11,13,16H2,1H3,(H,26,30)(H,27,31). The molecule has 0 radical (unpaired) electrons. The Balaban J connectivity index is 1.55. The Morgan fingerprint density at radius 3 is 2.33 bits per heavy atom. The van der Waals surface area contributed by atoms with Gasteiger partial charge in [-0.2, -0.15) is 0 Å². The van der Waals surface area contributed by atoms with Crippen LogP contribution in [0, 0.1) is 0 Å². The molecule has 0 aliphatic carbocycles. The average Bonchev–Trinajstić information content (AvgIpc) is 3.30. The van der Waals surface area contributed by atoms with Gasteiger partial charge in [-0.15, -0.1) is 0 Å². The second-order valence-corrected chi connectivity index (χ2v) is 7.62. The number of fused-ring (bicyclic) bond motifs is 1. The van der Waals surface area contributed by atoms with Crippen LogP contribution in [0.4, 0.5) is 0 Å². The van der Waals surface area contributed by atoms with Crippen LogP contribution in [0.3, 0.4) is 0 Å². The molecular weight excluding hydrogens is 422 g/mol. The summed E-state index contributed by atoms with van der Waals surface area (Å²) in [7, 11) is 0. The molecule has 8 heteroatoms. The molecule has 1 aliphatic heterocycles. The van der Waals surface area contributed by atoms with Gasteiger partial charge < -0.3 is 24.7 Å². The minimum Gasteiger partial charge on any atom is -0.454 e. The van der Waals surface area contributed by atoms with Crippen LogP contribution in [0.1, 0.15) is 38.8 Å². The molecule has 4 rings (SSSR count). The summed E-state index contributed by atoms with van der Waals surface area (Å²) in [5, 5.41) is 5.41. The maximum absolute atomic E-state index is 12.9. The Morgan fingerprint density at radius 2 is 1.61 bits per heavy atom. The number of amides is 2. The molecule has 2 amide bonds. The maximum atomic E-state index is 12.9. The van der Waals surface area contributed by atoms with Crippen LogP contribution in [0.2, 0.25) is 0 Å². The van der Waals surface area contributed by atoms with Crippen LogP contribution in [-0.2, 0) is 19.5 Å². The van der Waals surface area contributed by atoms with Gasteiger partial charge in [-0.05, 0) is 36.6 Å². The van der Waals surface area contributed by atoms with Gasteiger partial charge in [0.15, 0.2) is 11.5 Å². The van der Waals surface area contributed by atoms with E-state index in [9.17, 15) is 14.4 Å². The van der Waals surface area contributed by atoms with E-state index in [0.717, 1.165) is 11.1 Å². The van der Waals surface area contributed by atoms with E-state index in [2.05, 4.69) is 10.6 Å². The van der Waals surface area contributed by atoms with Crippen molar-refractivity contribution >= 4 is 11.8 Å². The molecule has 1 aliphatic rings. The number of carbonyl (C=O) groups is 2. The molecule has 33 heavy (non-hydrogen) atoms. The zero-order valence-electron chi connectivity index (χ0n) is 18.3. The zero-order chi connectivity index (χ0) is 23.2. The molecule has 2 aromatic carbocycles. The summed E-state index contributed by atoms with van der Waals surface area (Å²) in [5.41, 5.74) is 1.19. The predicted molar refractivity (Wildman–Crippen MR) is 123 cm³/mol. The number of hydrogen-bond acceptors (Lipinski definition) is 5. The van der Waals surface area contributed by atoms with E-state index >= 15 is 0 Å². The largest absolute Gasteiger partial charge is 0.454 e. The van der Waals surface area contributed by atoms with Crippen molar-refractivity contribution < 1.29 is 19.1 Å². The van der Waals surface area contributed by atoms with Crippen molar-refractivity contribution in [3.63, 3.8) is 0 Å². The quantitative estimate of drug-likeness (QED) is 0.553. The highest BCUT2D eigenvalue weighted by atomic mass is 16.7. The van der Waals surface area contributed by atoms with E-state index in [4.69, 9.17) is 9.47 Å². The number of ether oxygens (including phenoxy) is 2. The normalized spacial score (nSPS) is 11.8. The number of aromatic nitrogens is 1. The van der Waals surface area contributed by atoms with E-state index in [-0.39, 0.29) is 24.5 Å². The van der Waals surface area contributed by atoms with Crippen molar-refractivity contribution in [1.29, 1.82) is 0 Å². The molecule has 0 unspecified atom stereocenters. The zero-order valence-corrected chi connectivity index (χ0v) is 18.3. The number of benzene rings is 2. The number of carbonyl (C=O) groups excluding carboxylic acids is 2. The van der Waals surface area contributed by atoms with E-state index < -0.39 is 17.2 Å². The minimum atomic E-state index is -0.597. The number of nitrogens with one attached hydrogen (secondary N) is 2. The van der Waals surface area contributed by atoms with Crippen LogP contribution in [0.15, 0.2) is 65.7 Å². The molecule has 0 spiro atoms. The number of aryl methyl sites for hydroxylation is 2. The third-order valence-electron chi connectivity index (χ3n) is 5.30. The molecule has 170 valence electrons. The third kappa shape index (κ3) is 5.23. The monoisotopic (exact) mass is 447 g/mol. The fourth-order valence-corrected chi connectivity index (χ4v) is 3.57. The first-order valence-electron chi connectivity index (χ1n) is 10.8. The van der Waals surface area contributed by atoms with Gasteiger partial charge in [-0.3, -0.25) is 14.4 Å². The first-order valence-corrected chi connectivity index (χ1v) is 10.8. The second-order valence-electron chi connectivity index (χ2n) is 7.62. The first-order chi connectivity index (χ1) is 16.0. The summed E-state index contributed by atoms with van der Waals surface area (Å²) in [5.74, 6) is 0.225. The van der Waals surface area contributed by atoms with Crippen molar-refractivity contribution in [2.24, 2.45) is 0 Å². The number of rotatable bonds is 8. The topological polar surface area (TPSA) is 98.7 Å². The van der Waals surface area contributed by atoms with E-state index in [0.29, 0.717) is 31.0 Å². The summed E-state index contributed by atoms with van der Waals surface area (Å²) in [6.07, 6.45) is 3.70. The fraction of sp³-hybridized carbons (Fsp3) is 0.240. The van der Waals surface area contributed by atoms with Crippen molar-refractivity contribution in [3.8, 4) is 11.5 Å². The van der Waals surface area contributed by atoms with Crippen LogP contribution in [0.25, 0.3) is 0 Å². The fourth-order valence-electron chi connectivity index (χ4n) is 3.57. The summed E-state index contributed by atoms with van der Waals surface area (Å²) in [6.45, 7) is 3.03. The summed E-state index contributed by atoms with van der Waals surface area (Å²) in [6, 6.07) is 15.2. The molecule has 0 saturated carbocycles. The van der Waals surface area contributed by atoms with Gasteiger partial charge in [0, 0.05) is 32.0 Å². The van der Waals surface area contributed by atoms with Crippen molar-refractivity contribution in [2.75, 3.05) is 13.3 Å². The van der Waals surface area contributed by atoms with Crippen LogP contribution in [-0.4, -0.2) is 29.7 Å². The molecule has 1 aromatic heterocycles. The Bertz CT molecular complexity index is 1220. The second kappa shape index (κ2) is 10.0.